The zero-order chi connectivity index (χ0) is 12.1. The van der Waals surface area contributed by atoms with Crippen LogP contribution >= 0.6 is 0 Å². The van der Waals surface area contributed by atoms with Crippen LogP contribution in [0.5, 0.6) is 0 Å². The average molecular weight is 224 g/mol. The van der Waals surface area contributed by atoms with Gasteiger partial charge in [0.1, 0.15) is 12.3 Å². The summed E-state index contributed by atoms with van der Waals surface area (Å²) in [7, 11) is 0. The molecule has 0 radical (unpaired) electrons. The van der Waals surface area contributed by atoms with Gasteiger partial charge < -0.3 is 4.74 Å². The topological polar surface area (TPSA) is 44.1 Å². The minimum Gasteiger partial charge on any atom is -0.371 e. The normalized spacial score (nSPS) is 11.1. The highest BCUT2D eigenvalue weighted by Crippen LogP contribution is 2.07. The lowest BCUT2D eigenvalue weighted by molar-refractivity contribution is 0.0576. The predicted octanol–water partition coefficient (Wildman–Crippen LogP) is 2.07. The molecule has 0 aliphatic carbocycles. The van der Waals surface area contributed by atoms with Crippen molar-refractivity contribution in [3.63, 3.8) is 0 Å². The number of aryl methyl sites for hydroxylation is 2. The van der Waals surface area contributed by atoms with Crippen molar-refractivity contribution in [1.29, 1.82) is 0 Å². The van der Waals surface area contributed by atoms with Gasteiger partial charge in [-0.3, -0.25) is 9.48 Å². The molecule has 0 atom stereocenters. The average Bonchev–Trinajstić information content (AvgIpc) is 2.68. The maximum atomic E-state index is 11.9. The third-order valence-electron chi connectivity index (χ3n) is 2.33. The molecule has 4 nitrogen and oxygen atoms in total. The van der Waals surface area contributed by atoms with E-state index in [0.29, 0.717) is 12.2 Å². The van der Waals surface area contributed by atoms with Gasteiger partial charge in [0, 0.05) is 6.54 Å². The van der Waals surface area contributed by atoms with E-state index in [1.54, 1.807) is 4.68 Å². The Balaban J connectivity index is 2.77. The second kappa shape index (κ2) is 5.80. The Hall–Kier alpha value is -1.16. The van der Waals surface area contributed by atoms with Gasteiger partial charge in [-0.05, 0) is 33.3 Å². The highest BCUT2D eigenvalue weighted by molar-refractivity contribution is 5.95. The first-order valence-electron chi connectivity index (χ1n) is 5.80. The van der Waals surface area contributed by atoms with Crippen LogP contribution in [0.3, 0.4) is 0 Å². The van der Waals surface area contributed by atoms with Crippen molar-refractivity contribution in [2.75, 3.05) is 6.61 Å². The molecule has 1 aromatic heterocycles. The molecule has 0 amide bonds. The van der Waals surface area contributed by atoms with E-state index in [-0.39, 0.29) is 18.5 Å². The Labute approximate surface area is 96.6 Å². The summed E-state index contributed by atoms with van der Waals surface area (Å²) in [4.78, 5) is 11.9. The number of ketones is 1. The maximum Gasteiger partial charge on any atom is 0.206 e. The molecule has 1 heterocycles. The van der Waals surface area contributed by atoms with Gasteiger partial charge in [0.05, 0.1) is 11.8 Å². The molecule has 4 heteroatoms. The molecule has 0 aliphatic rings. The highest BCUT2D eigenvalue weighted by Gasteiger charge is 2.14. The van der Waals surface area contributed by atoms with E-state index >= 15 is 0 Å². The molecule has 0 unspecified atom stereocenters. The first kappa shape index (κ1) is 12.9. The lowest BCUT2D eigenvalue weighted by Crippen LogP contribution is -2.17. The first-order chi connectivity index (χ1) is 7.58. The number of aromatic nitrogens is 2. The van der Waals surface area contributed by atoms with Gasteiger partial charge in [0.25, 0.3) is 0 Å². The van der Waals surface area contributed by atoms with Crippen molar-refractivity contribution in [2.24, 2.45) is 0 Å². The van der Waals surface area contributed by atoms with Crippen molar-refractivity contribution >= 4 is 5.78 Å². The molecule has 0 saturated carbocycles. The van der Waals surface area contributed by atoms with Gasteiger partial charge in [-0.2, -0.15) is 5.10 Å². The van der Waals surface area contributed by atoms with Crippen LogP contribution in [0.2, 0.25) is 0 Å². The van der Waals surface area contributed by atoms with Gasteiger partial charge in [0.2, 0.25) is 5.78 Å². The van der Waals surface area contributed by atoms with Gasteiger partial charge in [-0.15, -0.1) is 0 Å². The number of ether oxygens (including phenoxy) is 1. The van der Waals surface area contributed by atoms with Crippen LogP contribution in [-0.4, -0.2) is 28.3 Å². The third-order valence-corrected chi connectivity index (χ3v) is 2.33. The number of carbonyl (C=O) groups is 1. The molecule has 0 aromatic carbocycles. The lowest BCUT2D eigenvalue weighted by Gasteiger charge is -2.07. The number of Topliss-reactive ketones (excluding diaryl/α,β-unsaturated/α-hetero) is 1. The Morgan fingerprint density at radius 1 is 1.50 bits per heavy atom. The Kier molecular flexibility index (Phi) is 4.68. The molecule has 0 bridgehead atoms. The zero-order valence-corrected chi connectivity index (χ0v) is 10.5. The molecule has 0 aliphatic heterocycles. The monoisotopic (exact) mass is 224 g/mol. The molecule has 1 aromatic rings. The molecule has 0 N–H and O–H groups in total. The van der Waals surface area contributed by atoms with Crippen LogP contribution in [0.4, 0.5) is 0 Å². The molecule has 1 rings (SSSR count). The van der Waals surface area contributed by atoms with Crippen molar-refractivity contribution in [2.45, 2.75) is 46.8 Å². The molecule has 0 spiro atoms. The van der Waals surface area contributed by atoms with Gasteiger partial charge in [-0.25, -0.2) is 0 Å². The second-order valence-corrected chi connectivity index (χ2v) is 3.97. The smallest absolute Gasteiger partial charge is 0.206 e. The van der Waals surface area contributed by atoms with Crippen LogP contribution < -0.4 is 0 Å². The quantitative estimate of drug-likeness (QED) is 0.695. The van der Waals surface area contributed by atoms with Crippen molar-refractivity contribution < 1.29 is 9.53 Å². The van der Waals surface area contributed by atoms with E-state index in [9.17, 15) is 4.79 Å². The lowest BCUT2D eigenvalue weighted by atomic mass is 10.2. The SMILES string of the molecule is CCc1cc(C(=O)COC(C)C)n(CC)n1. The summed E-state index contributed by atoms with van der Waals surface area (Å²) in [5.41, 5.74) is 1.61. The summed E-state index contributed by atoms with van der Waals surface area (Å²) < 4.78 is 7.05. The second-order valence-electron chi connectivity index (χ2n) is 3.97. The van der Waals surface area contributed by atoms with Crippen LogP contribution in [0.1, 0.15) is 43.9 Å². The zero-order valence-electron chi connectivity index (χ0n) is 10.5. The Bertz CT molecular complexity index is 356. The van der Waals surface area contributed by atoms with E-state index in [1.807, 2.05) is 33.8 Å². The number of hydrogen-bond donors (Lipinski definition) is 0. The van der Waals surface area contributed by atoms with E-state index in [4.69, 9.17) is 4.74 Å². The summed E-state index contributed by atoms with van der Waals surface area (Å²) in [6.07, 6.45) is 0.922. The number of carbonyl (C=O) groups excluding carboxylic acids is 1. The number of hydrogen-bond acceptors (Lipinski definition) is 3. The molecule has 90 valence electrons. The van der Waals surface area contributed by atoms with Crippen molar-refractivity contribution in [3.8, 4) is 0 Å². The Morgan fingerprint density at radius 2 is 2.19 bits per heavy atom. The van der Waals surface area contributed by atoms with Crippen molar-refractivity contribution in [1.82, 2.24) is 9.78 Å². The van der Waals surface area contributed by atoms with Gasteiger partial charge in [-0.1, -0.05) is 6.92 Å². The largest absolute Gasteiger partial charge is 0.371 e. The predicted molar refractivity (Wildman–Crippen MR) is 62.7 cm³/mol. The van der Waals surface area contributed by atoms with Crippen molar-refractivity contribution in [3.05, 3.63) is 17.5 Å². The Morgan fingerprint density at radius 3 is 2.69 bits per heavy atom. The van der Waals surface area contributed by atoms with Crippen LogP contribution in [0, 0.1) is 0 Å². The van der Waals surface area contributed by atoms with Crippen LogP contribution in [-0.2, 0) is 17.7 Å². The summed E-state index contributed by atoms with van der Waals surface area (Å²) in [6, 6.07) is 1.86. The van der Waals surface area contributed by atoms with Gasteiger partial charge in [0.15, 0.2) is 0 Å². The summed E-state index contributed by atoms with van der Waals surface area (Å²) in [5.74, 6) is 0.00255. The van der Waals surface area contributed by atoms with E-state index < -0.39 is 0 Å². The molecule has 0 saturated heterocycles. The fourth-order valence-corrected chi connectivity index (χ4v) is 1.42. The maximum absolute atomic E-state index is 11.9. The summed E-state index contributed by atoms with van der Waals surface area (Å²) in [6.45, 7) is 8.69. The molecular formula is C12H20N2O2. The molecule has 0 fully saturated rings. The minimum atomic E-state index is 0.00255. The van der Waals surface area contributed by atoms with Crippen LogP contribution in [0.15, 0.2) is 6.07 Å². The third kappa shape index (κ3) is 3.17. The van der Waals surface area contributed by atoms with E-state index in [0.717, 1.165) is 12.1 Å². The van der Waals surface area contributed by atoms with E-state index in [1.165, 1.54) is 0 Å². The summed E-state index contributed by atoms with van der Waals surface area (Å²) in [5, 5.41) is 4.34. The fraction of sp³-hybridized carbons (Fsp3) is 0.667. The minimum absolute atomic E-state index is 0.00255. The van der Waals surface area contributed by atoms with E-state index in [2.05, 4.69) is 5.10 Å². The summed E-state index contributed by atoms with van der Waals surface area (Å²) >= 11 is 0. The highest BCUT2D eigenvalue weighted by atomic mass is 16.5. The number of nitrogens with zero attached hydrogens (tertiary/aromatic N) is 2. The molecule has 16 heavy (non-hydrogen) atoms. The van der Waals surface area contributed by atoms with Crippen LogP contribution in [0.25, 0.3) is 0 Å². The fourth-order valence-electron chi connectivity index (χ4n) is 1.42. The van der Waals surface area contributed by atoms with Gasteiger partial charge >= 0.3 is 0 Å². The number of rotatable bonds is 6. The standard InChI is InChI=1S/C12H20N2O2/c1-5-10-7-11(14(6-2)13-10)12(15)8-16-9(3)4/h7,9H,5-6,8H2,1-4H3. The first-order valence-corrected chi connectivity index (χ1v) is 5.80. The molecular weight excluding hydrogens is 204 g/mol.